The predicted octanol–water partition coefficient (Wildman–Crippen LogP) is 7.03. The van der Waals surface area contributed by atoms with E-state index in [1.807, 2.05) is 54.3 Å². The van der Waals surface area contributed by atoms with Crippen molar-refractivity contribution in [3.05, 3.63) is 66.5 Å². The molecule has 7 rings (SSSR count). The summed E-state index contributed by atoms with van der Waals surface area (Å²) in [5.41, 5.74) is 3.03. The predicted molar refractivity (Wildman–Crippen MR) is 173 cm³/mol. The lowest BCUT2D eigenvalue weighted by Crippen LogP contribution is -2.44. The Hall–Kier alpha value is -4.73. The van der Waals surface area contributed by atoms with Crippen molar-refractivity contribution in [2.75, 3.05) is 29.9 Å². The average molecular weight is 607 g/mol. The van der Waals surface area contributed by atoms with Gasteiger partial charge < -0.3 is 25.0 Å². The number of hydrogen-bond acceptors (Lipinski definition) is 7. The molecule has 3 aliphatic rings. The number of likely N-dealkylation sites (tertiary alicyclic amines) is 1. The number of hydrogen-bond donors (Lipinski definition) is 2. The zero-order valence-electron chi connectivity index (χ0n) is 25.5. The highest BCUT2D eigenvalue weighted by atomic mass is 16.5. The van der Waals surface area contributed by atoms with Gasteiger partial charge in [-0.05, 0) is 68.9 Å². The summed E-state index contributed by atoms with van der Waals surface area (Å²) in [6.45, 7) is 3.68. The van der Waals surface area contributed by atoms with Crippen LogP contribution in [0.3, 0.4) is 0 Å². The number of carbonyl (C=O) groups excluding carboxylic acids is 1. The van der Waals surface area contributed by atoms with Gasteiger partial charge in [0.2, 0.25) is 17.7 Å². The molecule has 2 saturated heterocycles. The summed E-state index contributed by atoms with van der Waals surface area (Å²) in [6.07, 6.45) is 10.5. The molecule has 10 heteroatoms. The van der Waals surface area contributed by atoms with E-state index in [0.717, 1.165) is 73.5 Å². The van der Waals surface area contributed by atoms with E-state index in [1.54, 1.807) is 12.4 Å². The summed E-state index contributed by atoms with van der Waals surface area (Å²) in [4.78, 5) is 42.5. The van der Waals surface area contributed by atoms with Crippen LogP contribution in [-0.4, -0.2) is 62.6 Å². The first-order chi connectivity index (χ1) is 21.9. The van der Waals surface area contributed by atoms with Crippen LogP contribution in [0.15, 0.2) is 60.9 Å². The molecule has 2 N–H and O–H groups in total. The molecule has 4 aromatic rings. The van der Waals surface area contributed by atoms with Crippen LogP contribution in [-0.2, 0) is 4.79 Å². The van der Waals surface area contributed by atoms with E-state index in [0.29, 0.717) is 41.9 Å². The smallest absolute Gasteiger partial charge is 0.407 e. The molecular formula is C35H38N6O4. The number of piperidine rings is 1. The van der Waals surface area contributed by atoms with Gasteiger partial charge in [0.25, 0.3) is 0 Å². The quantitative estimate of drug-likeness (QED) is 0.240. The molecule has 2 amide bonds. The SMILES string of the molecule is Cc1ccc2c(N3CCC4(CCCCC4)C3=O)cccc2c1Oc1ncccc1-c1ccnc(NC2CCCN(C(=O)O)C2)n1. The minimum atomic E-state index is -0.913. The molecule has 3 fully saturated rings. The number of aromatic nitrogens is 3. The van der Waals surface area contributed by atoms with Crippen LogP contribution in [0.4, 0.5) is 16.4 Å². The number of amides is 2. The number of anilines is 2. The van der Waals surface area contributed by atoms with Crippen molar-refractivity contribution in [1.82, 2.24) is 19.9 Å². The van der Waals surface area contributed by atoms with Crippen LogP contribution in [0, 0.1) is 12.3 Å². The molecule has 1 unspecified atom stereocenters. The van der Waals surface area contributed by atoms with Gasteiger partial charge in [-0.25, -0.2) is 19.7 Å². The summed E-state index contributed by atoms with van der Waals surface area (Å²) in [5, 5.41) is 14.6. The highest BCUT2D eigenvalue weighted by Crippen LogP contribution is 2.48. The first kappa shape index (κ1) is 29.0. The minimum Gasteiger partial charge on any atom is -0.465 e. The largest absolute Gasteiger partial charge is 0.465 e. The third kappa shape index (κ3) is 5.54. The molecule has 1 spiro atoms. The summed E-state index contributed by atoms with van der Waals surface area (Å²) >= 11 is 0. The highest BCUT2D eigenvalue weighted by molar-refractivity contribution is 6.08. The highest BCUT2D eigenvalue weighted by Gasteiger charge is 2.47. The monoisotopic (exact) mass is 606 g/mol. The molecule has 2 aromatic carbocycles. The van der Waals surface area contributed by atoms with Crippen LogP contribution in [0.2, 0.25) is 0 Å². The van der Waals surface area contributed by atoms with Gasteiger partial charge in [0.15, 0.2) is 0 Å². The lowest BCUT2D eigenvalue weighted by atomic mass is 9.73. The summed E-state index contributed by atoms with van der Waals surface area (Å²) in [6, 6.07) is 15.7. The summed E-state index contributed by atoms with van der Waals surface area (Å²) in [7, 11) is 0. The van der Waals surface area contributed by atoms with Crippen molar-refractivity contribution in [2.45, 2.75) is 64.3 Å². The summed E-state index contributed by atoms with van der Waals surface area (Å²) in [5.74, 6) is 1.80. The number of ether oxygens (including phenoxy) is 1. The third-order valence-corrected chi connectivity index (χ3v) is 9.73. The number of carbonyl (C=O) groups is 2. The Labute approximate surface area is 262 Å². The van der Waals surface area contributed by atoms with E-state index >= 15 is 0 Å². The zero-order chi connectivity index (χ0) is 31.0. The van der Waals surface area contributed by atoms with Crippen molar-refractivity contribution in [3.63, 3.8) is 0 Å². The van der Waals surface area contributed by atoms with Crippen molar-refractivity contribution in [1.29, 1.82) is 0 Å². The van der Waals surface area contributed by atoms with Gasteiger partial charge >= 0.3 is 6.09 Å². The fourth-order valence-corrected chi connectivity index (χ4v) is 7.33. The molecule has 45 heavy (non-hydrogen) atoms. The normalized spacial score (nSPS) is 19.7. The van der Waals surface area contributed by atoms with E-state index in [4.69, 9.17) is 9.72 Å². The molecule has 2 aliphatic heterocycles. The van der Waals surface area contributed by atoms with Gasteiger partial charge in [-0.2, -0.15) is 0 Å². The van der Waals surface area contributed by atoms with Crippen LogP contribution >= 0.6 is 0 Å². The van der Waals surface area contributed by atoms with Crippen LogP contribution < -0.4 is 15.0 Å². The Bertz CT molecular complexity index is 1750. The standard InChI is InChI=1S/C35H38N6O4/c1-23-12-13-25-26(9-5-11-29(25)41-21-17-35(32(41)42)15-3-2-4-16-35)30(23)45-31-27(10-6-18-36-31)28-14-19-37-33(39-28)38-24-8-7-20-40(22-24)34(43)44/h5-6,9-14,18-19,24H,2-4,7-8,15-17,20-22H2,1H3,(H,43,44)(H,37,38,39). The Balaban J connectivity index is 1.18. The first-order valence-electron chi connectivity index (χ1n) is 16.0. The molecular weight excluding hydrogens is 568 g/mol. The van der Waals surface area contributed by atoms with Crippen molar-refractivity contribution >= 4 is 34.4 Å². The van der Waals surface area contributed by atoms with Crippen molar-refractivity contribution in [3.8, 4) is 22.9 Å². The maximum Gasteiger partial charge on any atom is 0.407 e. The van der Waals surface area contributed by atoms with Gasteiger partial charge in [-0.1, -0.05) is 43.5 Å². The second-order valence-electron chi connectivity index (χ2n) is 12.6. The molecule has 1 atom stereocenters. The van der Waals surface area contributed by atoms with Crippen LogP contribution in [0.1, 0.15) is 56.9 Å². The minimum absolute atomic E-state index is 0.0715. The van der Waals surface area contributed by atoms with Crippen molar-refractivity contribution < 1.29 is 19.4 Å². The lowest BCUT2D eigenvalue weighted by Gasteiger charge is -2.31. The first-order valence-corrected chi connectivity index (χ1v) is 16.0. The fraction of sp³-hybridized carbons (Fsp3) is 0.400. The van der Waals surface area contributed by atoms with E-state index < -0.39 is 6.09 Å². The molecule has 1 saturated carbocycles. The number of carboxylic acid groups (broad SMARTS) is 1. The van der Waals surface area contributed by atoms with Crippen LogP contribution in [0.25, 0.3) is 22.0 Å². The van der Waals surface area contributed by atoms with Gasteiger partial charge in [0.05, 0.1) is 22.4 Å². The number of rotatable bonds is 6. The van der Waals surface area contributed by atoms with E-state index in [1.165, 1.54) is 11.3 Å². The lowest BCUT2D eigenvalue weighted by molar-refractivity contribution is -0.127. The summed E-state index contributed by atoms with van der Waals surface area (Å²) < 4.78 is 6.63. The Morgan fingerprint density at radius 3 is 2.67 bits per heavy atom. The van der Waals surface area contributed by atoms with Crippen molar-refractivity contribution in [2.24, 2.45) is 5.41 Å². The molecule has 4 heterocycles. The van der Waals surface area contributed by atoms with Gasteiger partial charge in [-0.3, -0.25) is 4.79 Å². The average Bonchev–Trinajstić information content (AvgIpc) is 3.37. The zero-order valence-corrected chi connectivity index (χ0v) is 25.5. The molecule has 0 radical (unpaired) electrons. The molecule has 0 bridgehead atoms. The topological polar surface area (TPSA) is 121 Å². The number of fused-ring (bicyclic) bond motifs is 1. The fourth-order valence-electron chi connectivity index (χ4n) is 7.33. The molecule has 10 nitrogen and oxygen atoms in total. The maximum absolute atomic E-state index is 13.8. The Kier molecular flexibility index (Phi) is 7.73. The number of nitrogens with zero attached hydrogens (tertiary/aromatic N) is 5. The number of nitrogens with one attached hydrogen (secondary N) is 1. The van der Waals surface area contributed by atoms with Gasteiger partial charge in [0.1, 0.15) is 5.75 Å². The van der Waals surface area contributed by atoms with E-state index in [-0.39, 0.29) is 17.4 Å². The van der Waals surface area contributed by atoms with Gasteiger partial charge in [-0.15, -0.1) is 0 Å². The third-order valence-electron chi connectivity index (χ3n) is 9.73. The second-order valence-corrected chi connectivity index (χ2v) is 12.6. The molecule has 232 valence electrons. The van der Waals surface area contributed by atoms with Gasteiger partial charge in [0, 0.05) is 48.8 Å². The number of pyridine rings is 1. The number of aryl methyl sites for hydroxylation is 1. The second kappa shape index (κ2) is 12.0. The molecule has 1 aliphatic carbocycles. The van der Waals surface area contributed by atoms with Crippen LogP contribution in [0.5, 0.6) is 11.6 Å². The Morgan fingerprint density at radius 1 is 0.956 bits per heavy atom. The Morgan fingerprint density at radius 2 is 1.82 bits per heavy atom. The number of benzene rings is 2. The maximum atomic E-state index is 13.8. The molecule has 2 aromatic heterocycles. The van der Waals surface area contributed by atoms with E-state index in [9.17, 15) is 14.7 Å². The van der Waals surface area contributed by atoms with E-state index in [2.05, 4.69) is 21.4 Å².